The number of rotatable bonds is 7. The van der Waals surface area contributed by atoms with Crippen molar-refractivity contribution in [3.63, 3.8) is 0 Å². The zero-order chi connectivity index (χ0) is 18.2. The molecular weight excluding hydrogens is 327 g/mol. The molecule has 2 amide bonds. The summed E-state index contributed by atoms with van der Waals surface area (Å²) < 4.78 is 23.7. The van der Waals surface area contributed by atoms with Crippen molar-refractivity contribution < 1.29 is 23.5 Å². The van der Waals surface area contributed by atoms with Crippen molar-refractivity contribution in [2.24, 2.45) is 0 Å². The van der Waals surface area contributed by atoms with E-state index in [1.54, 1.807) is 30.3 Å². The minimum atomic E-state index is -0.429. The van der Waals surface area contributed by atoms with Crippen LogP contribution in [0.25, 0.3) is 0 Å². The number of hydrogen-bond donors (Lipinski definition) is 2. The highest BCUT2D eigenvalue weighted by atomic mass is 19.1. The van der Waals surface area contributed by atoms with Crippen LogP contribution in [0, 0.1) is 5.82 Å². The fourth-order valence-corrected chi connectivity index (χ4v) is 2.14. The van der Waals surface area contributed by atoms with Crippen LogP contribution in [0.15, 0.2) is 42.5 Å². The second-order valence-corrected chi connectivity index (χ2v) is 5.12. The van der Waals surface area contributed by atoms with Gasteiger partial charge in [-0.15, -0.1) is 0 Å². The third-order valence-corrected chi connectivity index (χ3v) is 3.49. The van der Waals surface area contributed by atoms with Crippen LogP contribution in [0.4, 0.5) is 4.39 Å². The highest BCUT2D eigenvalue weighted by Crippen LogP contribution is 2.27. The molecule has 2 aromatic carbocycles. The SMILES string of the molecule is COc1ccc(C(=O)NCC(=O)NCc2ccccc2F)cc1OC. The lowest BCUT2D eigenvalue weighted by atomic mass is 10.2. The van der Waals surface area contributed by atoms with Crippen LogP contribution in [0.1, 0.15) is 15.9 Å². The van der Waals surface area contributed by atoms with Gasteiger partial charge in [0.15, 0.2) is 11.5 Å². The molecule has 0 aliphatic rings. The number of methoxy groups -OCH3 is 2. The Balaban J connectivity index is 1.87. The summed E-state index contributed by atoms with van der Waals surface area (Å²) >= 11 is 0. The van der Waals surface area contributed by atoms with E-state index in [0.29, 0.717) is 22.6 Å². The number of carbonyl (C=O) groups excluding carboxylic acids is 2. The van der Waals surface area contributed by atoms with Crippen LogP contribution in [0.5, 0.6) is 11.5 Å². The molecule has 132 valence electrons. The number of nitrogens with one attached hydrogen (secondary N) is 2. The van der Waals surface area contributed by atoms with Gasteiger partial charge in [0.05, 0.1) is 20.8 Å². The van der Waals surface area contributed by atoms with Crippen molar-refractivity contribution >= 4 is 11.8 Å². The molecule has 25 heavy (non-hydrogen) atoms. The van der Waals surface area contributed by atoms with Crippen LogP contribution >= 0.6 is 0 Å². The molecule has 0 spiro atoms. The first-order valence-corrected chi connectivity index (χ1v) is 7.55. The summed E-state index contributed by atoms with van der Waals surface area (Å²) in [5, 5.41) is 5.05. The molecule has 7 heteroatoms. The molecule has 2 rings (SSSR count). The van der Waals surface area contributed by atoms with E-state index >= 15 is 0 Å². The summed E-state index contributed by atoms with van der Waals surface area (Å²) in [5.41, 5.74) is 0.710. The van der Waals surface area contributed by atoms with E-state index in [-0.39, 0.29) is 13.1 Å². The number of hydrogen-bond acceptors (Lipinski definition) is 4. The Morgan fingerprint density at radius 2 is 1.72 bits per heavy atom. The molecule has 0 radical (unpaired) electrons. The van der Waals surface area contributed by atoms with Gasteiger partial charge in [-0.3, -0.25) is 9.59 Å². The third kappa shape index (κ3) is 4.94. The summed E-state index contributed by atoms with van der Waals surface area (Å²) in [4.78, 5) is 23.9. The summed E-state index contributed by atoms with van der Waals surface area (Å²) in [6.07, 6.45) is 0. The number of amides is 2. The number of benzene rings is 2. The zero-order valence-electron chi connectivity index (χ0n) is 14.0. The molecule has 2 N–H and O–H groups in total. The van der Waals surface area contributed by atoms with Gasteiger partial charge in [-0.05, 0) is 24.3 Å². The second kappa shape index (κ2) is 8.68. The molecule has 2 aromatic rings. The first-order chi connectivity index (χ1) is 12.0. The van der Waals surface area contributed by atoms with Crippen molar-refractivity contribution in [2.45, 2.75) is 6.54 Å². The molecule has 0 saturated carbocycles. The van der Waals surface area contributed by atoms with Gasteiger partial charge in [-0.25, -0.2) is 4.39 Å². The van der Waals surface area contributed by atoms with Crippen molar-refractivity contribution in [3.05, 3.63) is 59.4 Å². The van der Waals surface area contributed by atoms with Gasteiger partial charge in [0.25, 0.3) is 5.91 Å². The lowest BCUT2D eigenvalue weighted by Gasteiger charge is -2.10. The number of ether oxygens (including phenoxy) is 2. The summed E-state index contributed by atoms with van der Waals surface area (Å²) in [6.45, 7) is -0.167. The predicted octanol–water partition coefficient (Wildman–Crippen LogP) is 1.89. The average molecular weight is 346 g/mol. The maximum Gasteiger partial charge on any atom is 0.251 e. The standard InChI is InChI=1S/C18H19FN2O4/c1-24-15-8-7-12(9-16(15)25-2)18(23)21-11-17(22)20-10-13-5-3-4-6-14(13)19/h3-9H,10-11H2,1-2H3,(H,20,22)(H,21,23). The second-order valence-electron chi connectivity index (χ2n) is 5.12. The molecule has 0 atom stereocenters. The minimum Gasteiger partial charge on any atom is -0.493 e. The fraction of sp³-hybridized carbons (Fsp3) is 0.222. The first kappa shape index (κ1) is 18.3. The zero-order valence-corrected chi connectivity index (χ0v) is 14.0. The van der Waals surface area contributed by atoms with Crippen LogP contribution in [-0.2, 0) is 11.3 Å². The van der Waals surface area contributed by atoms with Gasteiger partial charge in [0.1, 0.15) is 5.82 Å². The van der Waals surface area contributed by atoms with Crippen LogP contribution < -0.4 is 20.1 Å². The van der Waals surface area contributed by atoms with Gasteiger partial charge in [0.2, 0.25) is 5.91 Å². The first-order valence-electron chi connectivity index (χ1n) is 7.55. The van der Waals surface area contributed by atoms with Gasteiger partial charge in [-0.1, -0.05) is 18.2 Å². The van der Waals surface area contributed by atoms with E-state index in [1.807, 2.05) is 0 Å². The molecule has 0 fully saturated rings. The topological polar surface area (TPSA) is 76.7 Å². The minimum absolute atomic E-state index is 0.0533. The van der Waals surface area contributed by atoms with Crippen molar-refractivity contribution in [3.8, 4) is 11.5 Å². The maximum atomic E-state index is 13.5. The van der Waals surface area contributed by atoms with Gasteiger partial charge in [0, 0.05) is 17.7 Å². The predicted molar refractivity (Wildman–Crippen MR) is 90.1 cm³/mol. The van der Waals surface area contributed by atoms with Gasteiger partial charge in [-0.2, -0.15) is 0 Å². The quantitative estimate of drug-likeness (QED) is 0.803. The van der Waals surface area contributed by atoms with E-state index < -0.39 is 17.6 Å². The fourth-order valence-electron chi connectivity index (χ4n) is 2.14. The Labute approximate surface area is 144 Å². The third-order valence-electron chi connectivity index (χ3n) is 3.49. The summed E-state index contributed by atoms with van der Waals surface area (Å²) in [5.74, 6) is -0.322. The molecule has 6 nitrogen and oxygen atoms in total. The normalized spacial score (nSPS) is 10.0. The van der Waals surface area contributed by atoms with E-state index in [9.17, 15) is 14.0 Å². The van der Waals surface area contributed by atoms with Crippen LogP contribution in [0.2, 0.25) is 0 Å². The van der Waals surface area contributed by atoms with Crippen molar-refractivity contribution in [1.82, 2.24) is 10.6 Å². The molecule has 0 bridgehead atoms. The molecule has 0 heterocycles. The smallest absolute Gasteiger partial charge is 0.251 e. The van der Waals surface area contributed by atoms with Crippen molar-refractivity contribution in [2.75, 3.05) is 20.8 Å². The molecular formula is C18H19FN2O4. The molecule has 0 aliphatic carbocycles. The van der Waals surface area contributed by atoms with Gasteiger partial charge >= 0.3 is 0 Å². The molecule has 0 unspecified atom stereocenters. The molecule has 0 aromatic heterocycles. The Morgan fingerprint density at radius 1 is 1.00 bits per heavy atom. The van der Waals surface area contributed by atoms with E-state index in [1.165, 1.54) is 26.4 Å². The lowest BCUT2D eigenvalue weighted by molar-refractivity contribution is -0.120. The largest absolute Gasteiger partial charge is 0.493 e. The summed E-state index contributed by atoms with van der Waals surface area (Å²) in [7, 11) is 2.97. The Hall–Kier alpha value is -3.09. The Kier molecular flexibility index (Phi) is 6.33. The Bertz CT molecular complexity index is 764. The molecule has 0 saturated heterocycles. The summed E-state index contributed by atoms with van der Waals surface area (Å²) in [6, 6.07) is 10.8. The van der Waals surface area contributed by atoms with Crippen molar-refractivity contribution in [1.29, 1.82) is 0 Å². The van der Waals surface area contributed by atoms with E-state index in [0.717, 1.165) is 0 Å². The Morgan fingerprint density at radius 3 is 2.40 bits per heavy atom. The highest BCUT2D eigenvalue weighted by molar-refractivity contribution is 5.97. The number of halogens is 1. The van der Waals surface area contributed by atoms with Crippen LogP contribution in [-0.4, -0.2) is 32.6 Å². The lowest BCUT2D eigenvalue weighted by Crippen LogP contribution is -2.36. The van der Waals surface area contributed by atoms with E-state index in [4.69, 9.17) is 9.47 Å². The van der Waals surface area contributed by atoms with Crippen LogP contribution in [0.3, 0.4) is 0 Å². The average Bonchev–Trinajstić information content (AvgIpc) is 2.64. The highest BCUT2D eigenvalue weighted by Gasteiger charge is 2.12. The van der Waals surface area contributed by atoms with Gasteiger partial charge < -0.3 is 20.1 Å². The maximum absolute atomic E-state index is 13.5. The molecule has 0 aliphatic heterocycles. The van der Waals surface area contributed by atoms with E-state index in [2.05, 4.69) is 10.6 Å². The monoisotopic (exact) mass is 346 g/mol. The number of carbonyl (C=O) groups is 2.